The number of amides is 1. The fraction of sp³-hybridized carbons (Fsp3) is 0.385. The molecule has 0 saturated carbocycles. The maximum Gasteiger partial charge on any atom is 0.255 e. The largest absolute Gasteiger partial charge is 0.336 e. The molecule has 2 aromatic rings. The summed E-state index contributed by atoms with van der Waals surface area (Å²) in [6.07, 6.45) is 4.73. The van der Waals surface area contributed by atoms with Crippen molar-refractivity contribution < 1.29 is 4.79 Å². The zero-order valence-corrected chi connectivity index (χ0v) is 13.2. The van der Waals surface area contributed by atoms with Crippen molar-refractivity contribution in [1.29, 1.82) is 0 Å². The average Bonchev–Trinajstić information content (AvgIpc) is 3.01. The summed E-state index contributed by atoms with van der Waals surface area (Å²) in [5.41, 5.74) is 0.586. The highest BCUT2D eigenvalue weighted by Crippen LogP contribution is 2.20. The van der Waals surface area contributed by atoms with Crippen LogP contribution in [0.25, 0.3) is 5.82 Å². The molecule has 110 valence electrons. The van der Waals surface area contributed by atoms with E-state index in [9.17, 15) is 4.79 Å². The second kappa shape index (κ2) is 5.90. The minimum Gasteiger partial charge on any atom is -0.336 e. The highest BCUT2D eigenvalue weighted by Gasteiger charge is 2.21. The standard InChI is InChI=1S/C13H15BrN6O/c1-18-2-4-19(5-3-18)13(21)10-6-11(14)12(15-7-10)20-8-16-17-9-20/h6-9H,2-5H2,1H3. The van der Waals surface area contributed by atoms with Gasteiger partial charge in [0.1, 0.15) is 12.7 Å². The third-order valence-corrected chi connectivity index (χ3v) is 4.11. The summed E-state index contributed by atoms with van der Waals surface area (Å²) in [6.45, 7) is 3.30. The molecule has 1 fully saturated rings. The molecule has 1 saturated heterocycles. The van der Waals surface area contributed by atoms with Crippen LogP contribution < -0.4 is 0 Å². The Morgan fingerprint density at radius 1 is 1.19 bits per heavy atom. The van der Waals surface area contributed by atoms with E-state index in [1.165, 1.54) is 0 Å². The molecular weight excluding hydrogens is 336 g/mol. The summed E-state index contributed by atoms with van der Waals surface area (Å²) in [5.74, 6) is 0.682. The van der Waals surface area contributed by atoms with Crippen LogP contribution in [0, 0.1) is 0 Å². The third kappa shape index (κ3) is 2.96. The zero-order chi connectivity index (χ0) is 14.8. The van der Waals surface area contributed by atoms with E-state index in [-0.39, 0.29) is 5.91 Å². The molecule has 0 N–H and O–H groups in total. The number of piperazine rings is 1. The van der Waals surface area contributed by atoms with E-state index in [1.807, 2.05) is 4.90 Å². The lowest BCUT2D eigenvalue weighted by Gasteiger charge is -2.32. The van der Waals surface area contributed by atoms with Gasteiger partial charge in [-0.3, -0.25) is 9.36 Å². The molecule has 1 amide bonds. The summed E-state index contributed by atoms with van der Waals surface area (Å²) in [5, 5.41) is 7.50. The van der Waals surface area contributed by atoms with Crippen LogP contribution in [-0.4, -0.2) is 68.7 Å². The van der Waals surface area contributed by atoms with Crippen LogP contribution in [0.4, 0.5) is 0 Å². The fourth-order valence-corrected chi connectivity index (χ4v) is 2.79. The van der Waals surface area contributed by atoms with Crippen molar-refractivity contribution in [1.82, 2.24) is 29.5 Å². The predicted molar refractivity (Wildman–Crippen MR) is 80.3 cm³/mol. The Bertz CT molecular complexity index is 636. The van der Waals surface area contributed by atoms with Gasteiger partial charge in [-0.25, -0.2) is 4.98 Å². The van der Waals surface area contributed by atoms with Crippen LogP contribution in [0.1, 0.15) is 10.4 Å². The molecule has 0 bridgehead atoms. The molecule has 0 spiro atoms. The first kappa shape index (κ1) is 14.2. The first-order chi connectivity index (χ1) is 10.1. The third-order valence-electron chi connectivity index (χ3n) is 3.52. The van der Waals surface area contributed by atoms with Gasteiger partial charge in [-0.1, -0.05) is 0 Å². The minimum atomic E-state index is 0.0200. The smallest absolute Gasteiger partial charge is 0.255 e. The number of carbonyl (C=O) groups is 1. The molecule has 3 rings (SSSR count). The van der Waals surface area contributed by atoms with Gasteiger partial charge in [0, 0.05) is 32.4 Å². The van der Waals surface area contributed by atoms with Crippen molar-refractivity contribution in [3.63, 3.8) is 0 Å². The van der Waals surface area contributed by atoms with Gasteiger partial charge in [0.15, 0.2) is 5.82 Å². The maximum atomic E-state index is 12.5. The molecule has 3 heterocycles. The van der Waals surface area contributed by atoms with Crippen LogP contribution in [-0.2, 0) is 0 Å². The number of hydrogen-bond acceptors (Lipinski definition) is 5. The molecule has 2 aromatic heterocycles. The Kier molecular flexibility index (Phi) is 3.98. The average molecular weight is 351 g/mol. The Morgan fingerprint density at radius 2 is 1.86 bits per heavy atom. The quantitative estimate of drug-likeness (QED) is 0.801. The van der Waals surface area contributed by atoms with Gasteiger partial charge < -0.3 is 9.80 Å². The molecule has 0 aliphatic carbocycles. The molecule has 0 radical (unpaired) electrons. The number of likely N-dealkylation sites (N-methyl/N-ethyl adjacent to an activating group) is 1. The second-order valence-corrected chi connectivity index (χ2v) is 5.85. The van der Waals surface area contributed by atoms with Crippen molar-refractivity contribution in [2.24, 2.45) is 0 Å². The van der Waals surface area contributed by atoms with E-state index in [1.54, 1.807) is 29.5 Å². The molecular formula is C13H15BrN6O. The second-order valence-electron chi connectivity index (χ2n) is 4.99. The molecule has 0 atom stereocenters. The van der Waals surface area contributed by atoms with Crippen molar-refractivity contribution in [3.8, 4) is 5.82 Å². The summed E-state index contributed by atoms with van der Waals surface area (Å²) in [4.78, 5) is 20.9. The summed E-state index contributed by atoms with van der Waals surface area (Å²) in [7, 11) is 2.06. The van der Waals surface area contributed by atoms with Crippen LogP contribution in [0.3, 0.4) is 0 Å². The first-order valence-corrected chi connectivity index (χ1v) is 7.43. The first-order valence-electron chi connectivity index (χ1n) is 6.63. The topological polar surface area (TPSA) is 67.2 Å². The van der Waals surface area contributed by atoms with Crippen molar-refractivity contribution in [3.05, 3.63) is 35.0 Å². The Morgan fingerprint density at radius 3 is 2.48 bits per heavy atom. The fourth-order valence-electron chi connectivity index (χ4n) is 2.24. The van der Waals surface area contributed by atoms with Gasteiger partial charge in [0.2, 0.25) is 0 Å². The van der Waals surface area contributed by atoms with E-state index >= 15 is 0 Å². The van der Waals surface area contributed by atoms with E-state index in [0.29, 0.717) is 11.4 Å². The summed E-state index contributed by atoms with van der Waals surface area (Å²) >= 11 is 3.45. The van der Waals surface area contributed by atoms with Crippen molar-refractivity contribution >= 4 is 21.8 Å². The number of halogens is 1. The molecule has 8 heteroatoms. The van der Waals surface area contributed by atoms with Gasteiger partial charge in [-0.2, -0.15) is 0 Å². The molecule has 7 nitrogen and oxygen atoms in total. The number of aromatic nitrogens is 4. The number of carbonyl (C=O) groups excluding carboxylic acids is 1. The molecule has 21 heavy (non-hydrogen) atoms. The predicted octanol–water partition coefficient (Wildman–Crippen LogP) is 0.812. The van der Waals surface area contributed by atoms with E-state index in [2.05, 4.69) is 43.1 Å². The number of pyridine rings is 1. The van der Waals surface area contributed by atoms with E-state index < -0.39 is 0 Å². The monoisotopic (exact) mass is 350 g/mol. The van der Waals surface area contributed by atoms with Gasteiger partial charge in [-0.15, -0.1) is 10.2 Å². The van der Waals surface area contributed by atoms with Crippen LogP contribution >= 0.6 is 15.9 Å². The number of rotatable bonds is 2. The van der Waals surface area contributed by atoms with Crippen LogP contribution in [0.2, 0.25) is 0 Å². The van der Waals surface area contributed by atoms with Crippen molar-refractivity contribution in [2.45, 2.75) is 0 Å². The van der Waals surface area contributed by atoms with Crippen LogP contribution in [0.15, 0.2) is 29.4 Å². The van der Waals surface area contributed by atoms with Gasteiger partial charge in [-0.05, 0) is 29.0 Å². The van der Waals surface area contributed by atoms with Gasteiger partial charge in [0.25, 0.3) is 5.91 Å². The normalized spacial score (nSPS) is 16.2. The van der Waals surface area contributed by atoms with Crippen LogP contribution in [0.5, 0.6) is 0 Å². The zero-order valence-electron chi connectivity index (χ0n) is 11.6. The molecule has 0 unspecified atom stereocenters. The lowest BCUT2D eigenvalue weighted by molar-refractivity contribution is 0.0663. The summed E-state index contributed by atoms with van der Waals surface area (Å²) in [6, 6.07) is 1.79. The highest BCUT2D eigenvalue weighted by molar-refractivity contribution is 9.10. The lowest BCUT2D eigenvalue weighted by Crippen LogP contribution is -2.47. The molecule has 1 aliphatic rings. The molecule has 0 aromatic carbocycles. The van der Waals surface area contributed by atoms with Crippen molar-refractivity contribution in [2.75, 3.05) is 33.2 Å². The maximum absolute atomic E-state index is 12.5. The van der Waals surface area contributed by atoms with E-state index in [0.717, 1.165) is 30.7 Å². The Balaban J connectivity index is 1.80. The summed E-state index contributed by atoms with van der Waals surface area (Å²) < 4.78 is 2.43. The molecule has 1 aliphatic heterocycles. The minimum absolute atomic E-state index is 0.0200. The number of hydrogen-bond donors (Lipinski definition) is 0. The Hall–Kier alpha value is -1.80. The SMILES string of the molecule is CN1CCN(C(=O)c2cnc(-n3cnnc3)c(Br)c2)CC1. The number of nitrogens with zero attached hydrogens (tertiary/aromatic N) is 6. The van der Waals surface area contributed by atoms with Gasteiger partial charge >= 0.3 is 0 Å². The van der Waals surface area contributed by atoms with Gasteiger partial charge in [0.05, 0.1) is 10.0 Å². The Labute approximate surface area is 130 Å². The highest BCUT2D eigenvalue weighted by atomic mass is 79.9. The van der Waals surface area contributed by atoms with E-state index in [4.69, 9.17) is 0 Å². The lowest BCUT2D eigenvalue weighted by atomic mass is 10.2.